The first-order valence-corrected chi connectivity index (χ1v) is 7.72. The van der Waals surface area contributed by atoms with Crippen LogP contribution in [0.3, 0.4) is 0 Å². The molecule has 0 aliphatic heterocycles. The summed E-state index contributed by atoms with van der Waals surface area (Å²) in [6, 6.07) is 2.64. The summed E-state index contributed by atoms with van der Waals surface area (Å²) in [6.45, 7) is 1.55. The van der Waals surface area contributed by atoms with E-state index in [1.54, 1.807) is 24.4 Å². The highest BCUT2D eigenvalue weighted by molar-refractivity contribution is 7.12. The number of carbonyl (C=O) groups excluding carboxylic acids is 2. The lowest BCUT2D eigenvalue weighted by Gasteiger charge is -2.27. The standard InChI is InChI=1S/C14H18N2O4S/c1-9(15-12(18)10-5-4-8-21-10)11(17)16-14(13(19)20)6-2-3-7-14/h4-5,8-9H,2-3,6-7H2,1H3,(H,15,18)(H,16,17)(H,19,20). The van der Waals surface area contributed by atoms with Gasteiger partial charge in [0.1, 0.15) is 11.6 Å². The minimum Gasteiger partial charge on any atom is -0.480 e. The molecule has 7 heteroatoms. The number of amides is 2. The van der Waals surface area contributed by atoms with Crippen LogP contribution in [0.1, 0.15) is 42.3 Å². The van der Waals surface area contributed by atoms with Gasteiger partial charge in [-0.3, -0.25) is 9.59 Å². The zero-order valence-corrected chi connectivity index (χ0v) is 12.5. The highest BCUT2D eigenvalue weighted by Crippen LogP contribution is 2.29. The fraction of sp³-hybridized carbons (Fsp3) is 0.500. The fourth-order valence-electron chi connectivity index (χ4n) is 2.46. The molecule has 1 aliphatic carbocycles. The number of hydrogen-bond donors (Lipinski definition) is 3. The van der Waals surface area contributed by atoms with Crippen molar-refractivity contribution in [1.29, 1.82) is 0 Å². The van der Waals surface area contributed by atoms with Crippen LogP contribution in [-0.2, 0) is 9.59 Å². The van der Waals surface area contributed by atoms with Crippen LogP contribution in [0.2, 0.25) is 0 Å². The van der Waals surface area contributed by atoms with E-state index in [0.717, 1.165) is 12.8 Å². The van der Waals surface area contributed by atoms with Crippen LogP contribution in [0, 0.1) is 0 Å². The predicted octanol–water partition coefficient (Wildman–Crippen LogP) is 1.38. The van der Waals surface area contributed by atoms with Crippen LogP contribution < -0.4 is 10.6 Å². The van der Waals surface area contributed by atoms with Gasteiger partial charge in [0.05, 0.1) is 4.88 Å². The second kappa shape index (κ2) is 6.26. The number of carboxylic acids is 1. The second-order valence-electron chi connectivity index (χ2n) is 5.26. The van der Waals surface area contributed by atoms with Gasteiger partial charge in [-0.1, -0.05) is 18.9 Å². The Bertz CT molecular complexity index is 535. The average Bonchev–Trinajstić information content (AvgIpc) is 3.10. The van der Waals surface area contributed by atoms with E-state index in [1.807, 2.05) is 0 Å². The molecule has 0 radical (unpaired) electrons. The minimum atomic E-state index is -1.18. The van der Waals surface area contributed by atoms with E-state index in [2.05, 4.69) is 10.6 Å². The Hall–Kier alpha value is -1.89. The molecule has 0 bridgehead atoms. The number of rotatable bonds is 5. The maximum Gasteiger partial charge on any atom is 0.329 e. The molecule has 6 nitrogen and oxygen atoms in total. The zero-order chi connectivity index (χ0) is 15.5. The molecule has 1 heterocycles. The summed E-state index contributed by atoms with van der Waals surface area (Å²) in [5.41, 5.74) is -1.18. The van der Waals surface area contributed by atoms with E-state index in [4.69, 9.17) is 0 Å². The zero-order valence-electron chi connectivity index (χ0n) is 11.7. The number of hydrogen-bond acceptors (Lipinski definition) is 4. The molecule has 1 fully saturated rings. The summed E-state index contributed by atoms with van der Waals surface area (Å²) in [5, 5.41) is 16.3. The van der Waals surface area contributed by atoms with Gasteiger partial charge in [-0.2, -0.15) is 0 Å². The second-order valence-corrected chi connectivity index (χ2v) is 6.20. The topological polar surface area (TPSA) is 95.5 Å². The summed E-state index contributed by atoms with van der Waals surface area (Å²) >= 11 is 1.28. The van der Waals surface area contributed by atoms with Crippen LogP contribution in [0.15, 0.2) is 17.5 Å². The van der Waals surface area contributed by atoms with Gasteiger partial charge < -0.3 is 15.7 Å². The third-order valence-corrected chi connectivity index (χ3v) is 4.58. The molecule has 21 heavy (non-hydrogen) atoms. The van der Waals surface area contributed by atoms with Gasteiger partial charge in [0.2, 0.25) is 5.91 Å². The quantitative estimate of drug-likeness (QED) is 0.765. The van der Waals surface area contributed by atoms with Gasteiger partial charge in [0, 0.05) is 0 Å². The van der Waals surface area contributed by atoms with E-state index in [9.17, 15) is 19.5 Å². The molecule has 0 spiro atoms. The molecule has 114 valence electrons. The van der Waals surface area contributed by atoms with E-state index < -0.39 is 23.5 Å². The van der Waals surface area contributed by atoms with Crippen molar-refractivity contribution in [3.8, 4) is 0 Å². The van der Waals surface area contributed by atoms with Crippen molar-refractivity contribution in [2.24, 2.45) is 0 Å². The molecule has 2 amide bonds. The lowest BCUT2D eigenvalue weighted by molar-refractivity contribution is -0.147. The van der Waals surface area contributed by atoms with Crippen molar-refractivity contribution in [1.82, 2.24) is 10.6 Å². The van der Waals surface area contributed by atoms with Crippen LogP contribution in [0.4, 0.5) is 0 Å². The average molecular weight is 310 g/mol. The van der Waals surface area contributed by atoms with Gasteiger partial charge in [0.25, 0.3) is 5.91 Å². The van der Waals surface area contributed by atoms with Crippen molar-refractivity contribution < 1.29 is 19.5 Å². The molecule has 2 rings (SSSR count). The third kappa shape index (κ3) is 3.41. The molecule has 1 unspecified atom stereocenters. The molecule has 0 aromatic carbocycles. The molecule has 1 atom stereocenters. The summed E-state index contributed by atoms with van der Waals surface area (Å²) < 4.78 is 0. The Balaban J connectivity index is 1.96. The van der Waals surface area contributed by atoms with Gasteiger partial charge in [-0.05, 0) is 31.2 Å². The van der Waals surface area contributed by atoms with E-state index in [-0.39, 0.29) is 5.91 Å². The number of aliphatic carboxylic acids is 1. The maximum atomic E-state index is 12.1. The maximum absolute atomic E-state index is 12.1. The van der Waals surface area contributed by atoms with Crippen LogP contribution in [0.25, 0.3) is 0 Å². The van der Waals surface area contributed by atoms with Gasteiger partial charge in [0.15, 0.2) is 0 Å². The van der Waals surface area contributed by atoms with Crippen molar-refractivity contribution in [3.63, 3.8) is 0 Å². The monoisotopic (exact) mass is 310 g/mol. The summed E-state index contributed by atoms with van der Waals surface area (Å²) in [6.07, 6.45) is 2.42. The third-order valence-electron chi connectivity index (χ3n) is 3.71. The van der Waals surface area contributed by atoms with Crippen molar-refractivity contribution >= 4 is 29.1 Å². The normalized spacial score (nSPS) is 18.0. The Morgan fingerprint density at radius 2 is 2.00 bits per heavy atom. The first kappa shape index (κ1) is 15.5. The molecular weight excluding hydrogens is 292 g/mol. The first-order valence-electron chi connectivity index (χ1n) is 6.84. The number of carboxylic acid groups (broad SMARTS) is 1. The van der Waals surface area contributed by atoms with Crippen LogP contribution >= 0.6 is 11.3 Å². The first-order chi connectivity index (χ1) is 9.94. The molecule has 1 aliphatic rings. The van der Waals surface area contributed by atoms with E-state index >= 15 is 0 Å². The molecule has 1 saturated carbocycles. The molecule has 1 aromatic heterocycles. The lowest BCUT2D eigenvalue weighted by atomic mass is 9.97. The Kier molecular flexibility index (Phi) is 4.62. The van der Waals surface area contributed by atoms with Crippen molar-refractivity contribution in [2.45, 2.75) is 44.2 Å². The smallest absolute Gasteiger partial charge is 0.329 e. The van der Waals surface area contributed by atoms with Crippen LogP contribution in [0.5, 0.6) is 0 Å². The largest absolute Gasteiger partial charge is 0.480 e. The molecule has 0 saturated heterocycles. The molecule has 3 N–H and O–H groups in total. The number of nitrogens with one attached hydrogen (secondary N) is 2. The predicted molar refractivity (Wildman–Crippen MR) is 78.2 cm³/mol. The van der Waals surface area contributed by atoms with Crippen LogP contribution in [-0.4, -0.2) is 34.5 Å². The Labute approximate surface area is 126 Å². The Morgan fingerprint density at radius 3 is 2.52 bits per heavy atom. The van der Waals surface area contributed by atoms with E-state index in [1.165, 1.54) is 11.3 Å². The number of thiophene rings is 1. The highest BCUT2D eigenvalue weighted by atomic mass is 32.1. The van der Waals surface area contributed by atoms with Crippen molar-refractivity contribution in [3.05, 3.63) is 22.4 Å². The highest BCUT2D eigenvalue weighted by Gasteiger charge is 2.43. The number of carbonyl (C=O) groups is 3. The fourth-order valence-corrected chi connectivity index (χ4v) is 3.08. The van der Waals surface area contributed by atoms with Gasteiger partial charge in [-0.15, -0.1) is 11.3 Å². The van der Waals surface area contributed by atoms with E-state index in [0.29, 0.717) is 17.7 Å². The van der Waals surface area contributed by atoms with Gasteiger partial charge >= 0.3 is 5.97 Å². The van der Waals surface area contributed by atoms with Gasteiger partial charge in [-0.25, -0.2) is 4.79 Å². The lowest BCUT2D eigenvalue weighted by Crippen LogP contribution is -2.57. The summed E-state index contributed by atoms with van der Waals surface area (Å²) in [5.74, 6) is -1.81. The Morgan fingerprint density at radius 1 is 1.33 bits per heavy atom. The molecule has 1 aromatic rings. The molecular formula is C14H18N2O4S. The minimum absolute atomic E-state index is 0.330. The summed E-state index contributed by atoms with van der Waals surface area (Å²) in [7, 11) is 0. The SMILES string of the molecule is CC(NC(=O)c1cccs1)C(=O)NC1(C(=O)O)CCCC1. The van der Waals surface area contributed by atoms with Crippen molar-refractivity contribution in [2.75, 3.05) is 0 Å². The summed E-state index contributed by atoms with van der Waals surface area (Å²) in [4.78, 5) is 35.9.